The predicted octanol–water partition coefficient (Wildman–Crippen LogP) is 4.09. The zero-order valence-electron chi connectivity index (χ0n) is 15.5. The Morgan fingerprint density at radius 3 is 2.12 bits per heavy atom. The number of nitrogens with two attached hydrogens (primary N) is 1. The van der Waals surface area contributed by atoms with E-state index in [1.165, 1.54) is 0 Å². The lowest BCUT2D eigenvalue weighted by Crippen LogP contribution is -2.32. The molecule has 0 radical (unpaired) electrons. The normalized spacial score (nSPS) is 11.3. The number of hydrogen-bond donors (Lipinski definition) is 3. The van der Waals surface area contributed by atoms with Gasteiger partial charge in [0.2, 0.25) is 0 Å². The Hall–Kier alpha value is -2.53. The van der Waals surface area contributed by atoms with Crippen molar-refractivity contribution in [3.05, 3.63) is 52.6 Å². The van der Waals surface area contributed by atoms with Crippen LogP contribution in [-0.2, 0) is 11.2 Å². The van der Waals surface area contributed by atoms with Crippen LogP contribution >= 0.6 is 0 Å². The number of carboxylic acids is 1. The molecule has 1 atom stereocenters. The summed E-state index contributed by atoms with van der Waals surface area (Å²) in [4.78, 5) is 10.8. The molecule has 0 saturated heterocycles. The summed E-state index contributed by atoms with van der Waals surface area (Å²) in [5.74, 6) is 0.586. The average molecular weight is 345 g/mol. The Bertz CT molecular complexity index is 717. The zero-order valence-corrected chi connectivity index (χ0v) is 15.5. The molecule has 0 heterocycles. The molecular weight excluding hydrogens is 318 g/mol. The number of rotatable bonds is 5. The molecule has 5 heteroatoms. The van der Waals surface area contributed by atoms with Crippen LogP contribution in [0, 0.1) is 20.8 Å². The third-order valence-corrected chi connectivity index (χ3v) is 3.70. The van der Waals surface area contributed by atoms with Crippen LogP contribution < -0.4 is 10.5 Å². The van der Waals surface area contributed by atoms with Crippen molar-refractivity contribution >= 4 is 5.97 Å². The van der Waals surface area contributed by atoms with Crippen molar-refractivity contribution in [3.63, 3.8) is 0 Å². The first-order valence-electron chi connectivity index (χ1n) is 8.34. The summed E-state index contributed by atoms with van der Waals surface area (Å²) < 4.78 is 5.87. The molecule has 0 aliphatic heterocycles. The molecule has 0 aromatic heterocycles. The second-order valence-corrected chi connectivity index (χ2v) is 5.76. The first-order chi connectivity index (χ1) is 11.8. The number of aromatic hydroxyl groups is 1. The highest BCUT2D eigenvalue weighted by Crippen LogP contribution is 2.31. The van der Waals surface area contributed by atoms with Gasteiger partial charge in [-0.15, -0.1) is 0 Å². The molecule has 5 nitrogen and oxygen atoms in total. The van der Waals surface area contributed by atoms with Crippen LogP contribution in [0.25, 0.3) is 0 Å². The van der Waals surface area contributed by atoms with Crippen LogP contribution in [-0.4, -0.2) is 22.2 Å². The summed E-state index contributed by atoms with van der Waals surface area (Å²) in [6.07, 6.45) is 0.272. The Morgan fingerprint density at radius 1 is 1.08 bits per heavy atom. The Morgan fingerprint density at radius 2 is 1.64 bits per heavy atom. The third-order valence-electron chi connectivity index (χ3n) is 3.70. The van der Waals surface area contributed by atoms with E-state index >= 15 is 0 Å². The van der Waals surface area contributed by atoms with E-state index in [0.717, 1.165) is 22.3 Å². The number of aryl methyl sites for hydroxylation is 3. The van der Waals surface area contributed by atoms with Gasteiger partial charge in [0.1, 0.15) is 23.3 Å². The molecular formula is C20H27NO4. The maximum atomic E-state index is 10.8. The standard InChI is InChI=1S/C18H21NO4.C2H6/c1-10-6-13(9-15(19)18(21)22)4-5-16(10)23-14-7-11(2)17(20)12(3)8-14;1-2/h4-8,15,20H,9,19H2,1-3H3,(H,21,22);1-2H3/t15-;/m1./s1. The minimum Gasteiger partial charge on any atom is -0.507 e. The summed E-state index contributed by atoms with van der Waals surface area (Å²) >= 11 is 0. The molecule has 0 bridgehead atoms. The summed E-state index contributed by atoms with van der Waals surface area (Å²) in [7, 11) is 0. The highest BCUT2D eigenvalue weighted by molar-refractivity contribution is 5.73. The van der Waals surface area contributed by atoms with Crippen LogP contribution in [0.1, 0.15) is 36.1 Å². The fourth-order valence-corrected chi connectivity index (χ4v) is 2.40. The van der Waals surface area contributed by atoms with Gasteiger partial charge >= 0.3 is 5.97 Å². The van der Waals surface area contributed by atoms with Crippen LogP contribution in [0.5, 0.6) is 17.2 Å². The van der Waals surface area contributed by atoms with E-state index in [4.69, 9.17) is 15.6 Å². The Labute approximate surface area is 149 Å². The lowest BCUT2D eigenvalue weighted by Gasteiger charge is -2.13. The number of aliphatic carboxylic acids is 1. The van der Waals surface area contributed by atoms with Crippen molar-refractivity contribution in [1.82, 2.24) is 0 Å². The molecule has 0 fully saturated rings. The Balaban J connectivity index is 0.00000151. The van der Waals surface area contributed by atoms with Crippen molar-refractivity contribution in [2.75, 3.05) is 0 Å². The van der Waals surface area contributed by atoms with Gasteiger partial charge in [-0.05, 0) is 67.6 Å². The van der Waals surface area contributed by atoms with Gasteiger partial charge in [0.05, 0.1) is 0 Å². The Kier molecular flexibility index (Phi) is 7.45. The first-order valence-corrected chi connectivity index (χ1v) is 8.34. The van der Waals surface area contributed by atoms with E-state index < -0.39 is 12.0 Å². The third kappa shape index (κ3) is 5.50. The van der Waals surface area contributed by atoms with Crippen LogP contribution in [0.3, 0.4) is 0 Å². The predicted molar refractivity (Wildman–Crippen MR) is 99.5 cm³/mol. The maximum absolute atomic E-state index is 10.8. The van der Waals surface area contributed by atoms with Gasteiger partial charge in [-0.25, -0.2) is 0 Å². The van der Waals surface area contributed by atoms with E-state index in [2.05, 4.69) is 0 Å². The summed E-state index contributed by atoms with van der Waals surface area (Å²) in [6.45, 7) is 9.53. The molecule has 2 rings (SSSR count). The SMILES string of the molecule is CC.Cc1cc(C[C@@H](N)C(=O)O)ccc1Oc1cc(C)c(O)c(C)c1. The van der Waals surface area contributed by atoms with E-state index in [1.54, 1.807) is 18.2 Å². The topological polar surface area (TPSA) is 92.8 Å². The monoisotopic (exact) mass is 345 g/mol. The number of benzene rings is 2. The second kappa shape index (κ2) is 9.08. The van der Waals surface area contributed by atoms with Crippen molar-refractivity contribution in [3.8, 4) is 17.2 Å². The van der Waals surface area contributed by atoms with Crippen molar-refractivity contribution in [2.24, 2.45) is 5.73 Å². The summed E-state index contributed by atoms with van der Waals surface area (Å²) in [5.41, 5.74) is 8.80. The largest absolute Gasteiger partial charge is 0.507 e. The van der Waals surface area contributed by atoms with E-state index in [0.29, 0.717) is 11.5 Å². The smallest absolute Gasteiger partial charge is 0.320 e. The maximum Gasteiger partial charge on any atom is 0.320 e. The van der Waals surface area contributed by atoms with Gasteiger partial charge in [-0.2, -0.15) is 0 Å². The van der Waals surface area contributed by atoms with E-state index in [9.17, 15) is 9.90 Å². The van der Waals surface area contributed by atoms with Crippen molar-refractivity contribution in [2.45, 2.75) is 47.1 Å². The molecule has 0 saturated carbocycles. The summed E-state index contributed by atoms with van der Waals surface area (Å²) in [5, 5.41) is 18.7. The van der Waals surface area contributed by atoms with Crippen molar-refractivity contribution in [1.29, 1.82) is 0 Å². The fourth-order valence-electron chi connectivity index (χ4n) is 2.40. The minimum atomic E-state index is -1.02. The molecule has 0 amide bonds. The quantitative estimate of drug-likeness (QED) is 0.759. The molecule has 136 valence electrons. The number of carbonyl (C=O) groups is 1. The first kappa shape index (κ1) is 20.5. The van der Waals surface area contributed by atoms with Crippen LogP contribution in [0.4, 0.5) is 0 Å². The molecule has 0 unspecified atom stereocenters. The highest BCUT2D eigenvalue weighted by Gasteiger charge is 2.13. The molecule has 4 N–H and O–H groups in total. The lowest BCUT2D eigenvalue weighted by molar-refractivity contribution is -0.138. The van der Waals surface area contributed by atoms with E-state index in [1.807, 2.05) is 46.8 Å². The second-order valence-electron chi connectivity index (χ2n) is 5.76. The van der Waals surface area contributed by atoms with Crippen LogP contribution in [0.15, 0.2) is 30.3 Å². The molecule has 0 aliphatic rings. The van der Waals surface area contributed by atoms with Gasteiger partial charge in [0.25, 0.3) is 0 Å². The molecule has 2 aromatic rings. The van der Waals surface area contributed by atoms with Gasteiger partial charge in [-0.3, -0.25) is 4.79 Å². The minimum absolute atomic E-state index is 0.270. The number of carboxylic acid groups (broad SMARTS) is 1. The fraction of sp³-hybridized carbons (Fsp3) is 0.350. The van der Waals surface area contributed by atoms with E-state index in [-0.39, 0.29) is 12.2 Å². The van der Waals surface area contributed by atoms with Crippen LogP contribution in [0.2, 0.25) is 0 Å². The molecule has 0 spiro atoms. The average Bonchev–Trinajstić information content (AvgIpc) is 2.56. The van der Waals surface area contributed by atoms with Gasteiger partial charge in [0.15, 0.2) is 0 Å². The van der Waals surface area contributed by atoms with Gasteiger partial charge in [0, 0.05) is 0 Å². The van der Waals surface area contributed by atoms with Crippen molar-refractivity contribution < 1.29 is 19.7 Å². The van der Waals surface area contributed by atoms with Gasteiger partial charge < -0.3 is 20.7 Å². The molecule has 2 aromatic carbocycles. The molecule has 0 aliphatic carbocycles. The zero-order chi connectivity index (χ0) is 19.1. The number of hydrogen-bond acceptors (Lipinski definition) is 4. The summed E-state index contributed by atoms with van der Waals surface area (Å²) in [6, 6.07) is 8.12. The highest BCUT2D eigenvalue weighted by atomic mass is 16.5. The lowest BCUT2D eigenvalue weighted by atomic mass is 10.0. The molecule has 25 heavy (non-hydrogen) atoms. The van der Waals surface area contributed by atoms with Gasteiger partial charge in [-0.1, -0.05) is 26.0 Å². The number of ether oxygens (including phenoxy) is 1. The number of phenols is 1. The number of phenolic OH excluding ortho intramolecular Hbond substituents is 1.